The standard InChI is InChI=1S/C15H20N2O/c1-3-4-5-10-18-13-7-6-12-8-9-17-15(16-2)14(12)11-13/h6-9,11H,3-5,10H2,1-2H3,(H,16,17). The van der Waals surface area contributed by atoms with Crippen LogP contribution >= 0.6 is 0 Å². The number of aromatic nitrogens is 1. The fourth-order valence-corrected chi connectivity index (χ4v) is 1.98. The number of pyridine rings is 1. The van der Waals surface area contributed by atoms with Gasteiger partial charge in [0.15, 0.2) is 0 Å². The zero-order valence-corrected chi connectivity index (χ0v) is 11.1. The average molecular weight is 244 g/mol. The maximum atomic E-state index is 5.76. The summed E-state index contributed by atoms with van der Waals surface area (Å²) in [6, 6.07) is 8.16. The maximum Gasteiger partial charge on any atom is 0.133 e. The molecule has 1 N–H and O–H groups in total. The molecule has 0 radical (unpaired) electrons. The lowest BCUT2D eigenvalue weighted by Crippen LogP contribution is -1.98. The normalized spacial score (nSPS) is 10.6. The molecule has 0 atom stereocenters. The van der Waals surface area contributed by atoms with Gasteiger partial charge in [-0.25, -0.2) is 4.98 Å². The first kappa shape index (κ1) is 12.7. The topological polar surface area (TPSA) is 34.1 Å². The van der Waals surface area contributed by atoms with Crippen molar-refractivity contribution >= 4 is 16.6 Å². The minimum absolute atomic E-state index is 0.786. The van der Waals surface area contributed by atoms with Crippen molar-refractivity contribution < 1.29 is 4.74 Å². The van der Waals surface area contributed by atoms with E-state index >= 15 is 0 Å². The Bertz CT molecular complexity index is 511. The van der Waals surface area contributed by atoms with E-state index in [0.29, 0.717) is 0 Å². The molecule has 0 saturated heterocycles. The second-order valence-corrected chi connectivity index (χ2v) is 4.35. The van der Waals surface area contributed by atoms with Crippen molar-refractivity contribution in [2.45, 2.75) is 26.2 Å². The van der Waals surface area contributed by atoms with Crippen LogP contribution in [0.25, 0.3) is 10.8 Å². The van der Waals surface area contributed by atoms with E-state index < -0.39 is 0 Å². The van der Waals surface area contributed by atoms with E-state index in [1.54, 1.807) is 0 Å². The number of unbranched alkanes of at least 4 members (excludes halogenated alkanes) is 2. The molecule has 1 aromatic carbocycles. The third-order valence-corrected chi connectivity index (χ3v) is 2.99. The Morgan fingerprint density at radius 1 is 1.22 bits per heavy atom. The van der Waals surface area contributed by atoms with Gasteiger partial charge in [0.05, 0.1) is 6.61 Å². The zero-order valence-electron chi connectivity index (χ0n) is 11.1. The molecule has 2 rings (SSSR count). The molecule has 3 nitrogen and oxygen atoms in total. The number of anilines is 1. The van der Waals surface area contributed by atoms with E-state index in [1.807, 2.05) is 25.4 Å². The predicted molar refractivity (Wildman–Crippen MR) is 76.3 cm³/mol. The van der Waals surface area contributed by atoms with Crippen molar-refractivity contribution in [1.29, 1.82) is 0 Å². The van der Waals surface area contributed by atoms with Crippen molar-refractivity contribution in [2.24, 2.45) is 0 Å². The molecule has 2 aromatic rings. The molecule has 0 unspecified atom stereocenters. The van der Waals surface area contributed by atoms with Crippen LogP contribution in [0.3, 0.4) is 0 Å². The molecule has 0 bridgehead atoms. The van der Waals surface area contributed by atoms with Gasteiger partial charge >= 0.3 is 0 Å². The Labute approximate surface area is 108 Å². The summed E-state index contributed by atoms with van der Waals surface area (Å²) in [5.74, 6) is 1.81. The lowest BCUT2D eigenvalue weighted by Gasteiger charge is -2.09. The number of benzene rings is 1. The number of fused-ring (bicyclic) bond motifs is 1. The summed E-state index contributed by atoms with van der Waals surface area (Å²) < 4.78 is 5.76. The van der Waals surface area contributed by atoms with Gasteiger partial charge in [-0.3, -0.25) is 0 Å². The van der Waals surface area contributed by atoms with Crippen LogP contribution in [0.15, 0.2) is 30.5 Å². The number of nitrogens with zero attached hydrogens (tertiary/aromatic N) is 1. The van der Waals surface area contributed by atoms with E-state index in [1.165, 1.54) is 18.2 Å². The first-order valence-corrected chi connectivity index (χ1v) is 6.54. The molecule has 0 aliphatic carbocycles. The monoisotopic (exact) mass is 244 g/mol. The lowest BCUT2D eigenvalue weighted by molar-refractivity contribution is 0.306. The molecule has 18 heavy (non-hydrogen) atoms. The maximum absolute atomic E-state index is 5.76. The summed E-state index contributed by atoms with van der Waals surface area (Å²) in [5, 5.41) is 5.39. The van der Waals surface area contributed by atoms with Gasteiger partial charge in [0, 0.05) is 18.6 Å². The van der Waals surface area contributed by atoms with Gasteiger partial charge in [0.1, 0.15) is 11.6 Å². The van der Waals surface area contributed by atoms with E-state index in [2.05, 4.69) is 29.4 Å². The summed E-state index contributed by atoms with van der Waals surface area (Å²) in [4.78, 5) is 4.31. The van der Waals surface area contributed by atoms with Crippen molar-refractivity contribution in [1.82, 2.24) is 4.98 Å². The predicted octanol–water partition coefficient (Wildman–Crippen LogP) is 3.85. The van der Waals surface area contributed by atoms with Gasteiger partial charge < -0.3 is 10.1 Å². The summed E-state index contributed by atoms with van der Waals surface area (Å²) in [7, 11) is 1.89. The highest BCUT2D eigenvalue weighted by Gasteiger charge is 2.02. The fraction of sp³-hybridized carbons (Fsp3) is 0.400. The van der Waals surface area contributed by atoms with Gasteiger partial charge in [-0.05, 0) is 30.0 Å². The number of hydrogen-bond donors (Lipinski definition) is 1. The molecule has 0 aliphatic rings. The number of ether oxygens (including phenoxy) is 1. The third kappa shape index (κ3) is 2.92. The molecule has 0 fully saturated rings. The SMILES string of the molecule is CCCCCOc1ccc2ccnc(NC)c2c1. The van der Waals surface area contributed by atoms with Gasteiger partial charge in [-0.1, -0.05) is 25.8 Å². The molecular formula is C15H20N2O. The van der Waals surface area contributed by atoms with E-state index in [-0.39, 0.29) is 0 Å². The number of hydrogen-bond acceptors (Lipinski definition) is 3. The number of nitrogens with one attached hydrogen (secondary N) is 1. The first-order chi connectivity index (χ1) is 8.85. The van der Waals surface area contributed by atoms with Crippen LogP contribution in [0.2, 0.25) is 0 Å². The fourth-order valence-electron chi connectivity index (χ4n) is 1.98. The van der Waals surface area contributed by atoms with E-state index in [9.17, 15) is 0 Å². The molecule has 3 heteroatoms. The molecule has 96 valence electrons. The van der Waals surface area contributed by atoms with E-state index in [4.69, 9.17) is 4.74 Å². The van der Waals surface area contributed by atoms with Gasteiger partial charge in [0.2, 0.25) is 0 Å². The zero-order chi connectivity index (χ0) is 12.8. The smallest absolute Gasteiger partial charge is 0.133 e. The Hall–Kier alpha value is -1.77. The van der Waals surface area contributed by atoms with Crippen LogP contribution in [0.5, 0.6) is 5.75 Å². The Balaban J connectivity index is 2.15. The molecule has 0 amide bonds. The largest absolute Gasteiger partial charge is 0.494 e. The van der Waals surface area contributed by atoms with Gasteiger partial charge in [0.25, 0.3) is 0 Å². The molecule has 1 aromatic heterocycles. The van der Waals surface area contributed by atoms with E-state index in [0.717, 1.165) is 30.0 Å². The second kappa shape index (κ2) is 6.24. The number of rotatable bonds is 6. The van der Waals surface area contributed by atoms with Crippen molar-refractivity contribution in [3.63, 3.8) is 0 Å². The molecule has 0 spiro atoms. The molecule has 0 aliphatic heterocycles. The summed E-state index contributed by atoms with van der Waals surface area (Å²) in [5.41, 5.74) is 0. The van der Waals surface area contributed by atoms with Crippen molar-refractivity contribution in [3.8, 4) is 5.75 Å². The lowest BCUT2D eigenvalue weighted by atomic mass is 10.1. The Kier molecular flexibility index (Phi) is 4.40. The summed E-state index contributed by atoms with van der Waals surface area (Å²) >= 11 is 0. The molecular weight excluding hydrogens is 224 g/mol. The average Bonchev–Trinajstić information content (AvgIpc) is 2.43. The summed E-state index contributed by atoms with van der Waals surface area (Å²) in [6.45, 7) is 2.98. The Morgan fingerprint density at radius 3 is 2.89 bits per heavy atom. The first-order valence-electron chi connectivity index (χ1n) is 6.54. The van der Waals surface area contributed by atoms with Crippen LogP contribution < -0.4 is 10.1 Å². The summed E-state index contributed by atoms with van der Waals surface area (Å²) in [6.07, 6.45) is 5.36. The molecule has 0 saturated carbocycles. The highest BCUT2D eigenvalue weighted by Crippen LogP contribution is 2.25. The minimum atomic E-state index is 0.786. The van der Waals surface area contributed by atoms with Crippen LogP contribution in [-0.4, -0.2) is 18.6 Å². The van der Waals surface area contributed by atoms with Crippen molar-refractivity contribution in [3.05, 3.63) is 30.5 Å². The Morgan fingerprint density at radius 2 is 2.11 bits per heavy atom. The minimum Gasteiger partial charge on any atom is -0.494 e. The van der Waals surface area contributed by atoms with Crippen molar-refractivity contribution in [2.75, 3.05) is 19.0 Å². The quantitative estimate of drug-likeness (QED) is 0.784. The van der Waals surface area contributed by atoms with Crippen LogP contribution in [0.4, 0.5) is 5.82 Å². The molecule has 1 heterocycles. The second-order valence-electron chi connectivity index (χ2n) is 4.35. The van der Waals surface area contributed by atoms with Crippen LogP contribution in [0.1, 0.15) is 26.2 Å². The van der Waals surface area contributed by atoms with Gasteiger partial charge in [-0.2, -0.15) is 0 Å². The van der Waals surface area contributed by atoms with Crippen LogP contribution in [0, 0.1) is 0 Å². The van der Waals surface area contributed by atoms with Gasteiger partial charge in [-0.15, -0.1) is 0 Å². The highest BCUT2D eigenvalue weighted by atomic mass is 16.5. The highest BCUT2D eigenvalue weighted by molar-refractivity contribution is 5.92. The van der Waals surface area contributed by atoms with Crippen LogP contribution in [-0.2, 0) is 0 Å². The third-order valence-electron chi connectivity index (χ3n) is 2.99.